The Bertz CT molecular complexity index is 351. The topological polar surface area (TPSA) is 28.2 Å². The molecule has 2 rings (SSSR count). The van der Waals surface area contributed by atoms with E-state index in [9.17, 15) is 0 Å². The molecule has 1 aromatic heterocycles. The zero-order valence-electron chi connectivity index (χ0n) is 11.6. The first kappa shape index (κ1) is 13.8. The van der Waals surface area contributed by atoms with E-state index in [0.717, 1.165) is 13.1 Å². The molecule has 2 heterocycles. The van der Waals surface area contributed by atoms with Crippen LogP contribution in [-0.4, -0.2) is 24.1 Å². The summed E-state index contributed by atoms with van der Waals surface area (Å²) in [6, 6.07) is 0.648. The van der Waals surface area contributed by atoms with Gasteiger partial charge in [0.25, 0.3) is 0 Å². The molecule has 1 N–H and O–H groups in total. The first-order valence-corrected chi connectivity index (χ1v) is 8.05. The number of hydrogen-bond acceptors (Lipinski definition) is 4. The third kappa shape index (κ3) is 3.69. The highest BCUT2D eigenvalue weighted by molar-refractivity contribution is 7.15. The summed E-state index contributed by atoms with van der Waals surface area (Å²) in [5, 5.41) is 4.66. The molecular weight excluding hydrogens is 242 g/mol. The second-order valence-electron chi connectivity index (χ2n) is 5.18. The van der Waals surface area contributed by atoms with E-state index in [1.807, 2.05) is 17.5 Å². The number of anilines is 1. The van der Waals surface area contributed by atoms with Gasteiger partial charge in [-0.2, -0.15) is 0 Å². The number of hydrogen-bond donors (Lipinski definition) is 1. The second kappa shape index (κ2) is 7.10. The average Bonchev–Trinajstić information content (AvgIpc) is 2.72. The Labute approximate surface area is 115 Å². The smallest absolute Gasteiger partial charge is 0.185 e. The van der Waals surface area contributed by atoms with Crippen LogP contribution in [0, 0.1) is 0 Å². The highest BCUT2D eigenvalue weighted by atomic mass is 32.1. The summed E-state index contributed by atoms with van der Waals surface area (Å²) in [5.74, 6) is 0. The van der Waals surface area contributed by atoms with Crippen molar-refractivity contribution in [1.29, 1.82) is 0 Å². The lowest BCUT2D eigenvalue weighted by molar-refractivity contribution is 0.615. The fraction of sp³-hybridized carbons (Fsp3) is 0.786. The molecular formula is C14H25N3S. The minimum atomic E-state index is 0.648. The van der Waals surface area contributed by atoms with Crippen LogP contribution in [0.5, 0.6) is 0 Å². The third-order valence-electron chi connectivity index (χ3n) is 3.57. The van der Waals surface area contributed by atoms with Crippen LogP contribution in [0.3, 0.4) is 0 Å². The van der Waals surface area contributed by atoms with Crippen molar-refractivity contribution in [2.45, 2.75) is 58.5 Å². The van der Waals surface area contributed by atoms with Crippen molar-refractivity contribution >= 4 is 16.5 Å². The molecule has 1 saturated heterocycles. The van der Waals surface area contributed by atoms with Gasteiger partial charge < -0.3 is 10.2 Å². The number of nitrogens with zero attached hydrogens (tertiary/aromatic N) is 2. The van der Waals surface area contributed by atoms with Gasteiger partial charge >= 0.3 is 0 Å². The quantitative estimate of drug-likeness (QED) is 0.829. The van der Waals surface area contributed by atoms with E-state index in [2.05, 4.69) is 29.0 Å². The molecule has 0 amide bonds. The van der Waals surface area contributed by atoms with Gasteiger partial charge in [-0.25, -0.2) is 4.98 Å². The Hall–Kier alpha value is -0.610. The van der Waals surface area contributed by atoms with Crippen LogP contribution < -0.4 is 10.2 Å². The van der Waals surface area contributed by atoms with Gasteiger partial charge in [0.15, 0.2) is 5.13 Å². The molecule has 3 nitrogen and oxygen atoms in total. The number of thiazole rings is 1. The minimum Gasteiger partial charge on any atom is -0.345 e. The van der Waals surface area contributed by atoms with Gasteiger partial charge in [-0.05, 0) is 32.7 Å². The lowest BCUT2D eigenvalue weighted by atomic mass is 10.1. The molecule has 0 aliphatic carbocycles. The predicted octanol–water partition coefficient (Wildman–Crippen LogP) is 3.41. The molecule has 0 saturated carbocycles. The summed E-state index contributed by atoms with van der Waals surface area (Å²) in [6.45, 7) is 7.77. The van der Waals surface area contributed by atoms with Crippen molar-refractivity contribution in [2.75, 3.05) is 18.0 Å². The van der Waals surface area contributed by atoms with Gasteiger partial charge in [-0.1, -0.05) is 19.8 Å². The molecule has 1 unspecified atom stereocenters. The highest BCUT2D eigenvalue weighted by Gasteiger charge is 2.19. The molecule has 4 heteroatoms. The summed E-state index contributed by atoms with van der Waals surface area (Å²) < 4.78 is 0. The van der Waals surface area contributed by atoms with Gasteiger partial charge in [0, 0.05) is 30.2 Å². The van der Waals surface area contributed by atoms with E-state index in [1.165, 1.54) is 48.7 Å². The number of aromatic nitrogens is 1. The first-order chi connectivity index (χ1) is 8.81. The van der Waals surface area contributed by atoms with Crippen LogP contribution >= 0.6 is 11.3 Å². The van der Waals surface area contributed by atoms with Crippen molar-refractivity contribution < 1.29 is 0 Å². The Balaban J connectivity index is 1.95. The molecule has 0 aromatic carbocycles. The zero-order valence-corrected chi connectivity index (χ0v) is 12.4. The second-order valence-corrected chi connectivity index (χ2v) is 6.27. The summed E-state index contributed by atoms with van der Waals surface area (Å²) in [4.78, 5) is 8.47. The van der Waals surface area contributed by atoms with Gasteiger partial charge in [-0.15, -0.1) is 11.3 Å². The summed E-state index contributed by atoms with van der Waals surface area (Å²) in [7, 11) is 0. The van der Waals surface area contributed by atoms with Crippen LogP contribution in [0.4, 0.5) is 5.13 Å². The molecule has 0 radical (unpaired) electrons. The van der Waals surface area contributed by atoms with E-state index < -0.39 is 0 Å². The van der Waals surface area contributed by atoms with Crippen LogP contribution in [0.2, 0.25) is 0 Å². The molecule has 1 aromatic rings. The SMILES string of the molecule is CCCNCc1cnc(N2CCCCCC2C)s1. The third-order valence-corrected chi connectivity index (χ3v) is 4.60. The van der Waals surface area contributed by atoms with Crippen LogP contribution in [-0.2, 0) is 6.54 Å². The maximum atomic E-state index is 4.62. The summed E-state index contributed by atoms with van der Waals surface area (Å²) in [6.07, 6.45) is 8.59. The Morgan fingerprint density at radius 1 is 1.44 bits per heavy atom. The molecule has 0 spiro atoms. The molecule has 1 aliphatic rings. The first-order valence-electron chi connectivity index (χ1n) is 7.23. The van der Waals surface area contributed by atoms with Crippen molar-refractivity contribution in [3.05, 3.63) is 11.1 Å². The Morgan fingerprint density at radius 3 is 3.17 bits per heavy atom. The molecule has 0 bridgehead atoms. The normalized spacial score (nSPS) is 21.0. The highest BCUT2D eigenvalue weighted by Crippen LogP contribution is 2.28. The number of rotatable bonds is 5. The summed E-state index contributed by atoms with van der Waals surface area (Å²) in [5.41, 5.74) is 0. The van der Waals surface area contributed by atoms with Crippen LogP contribution in [0.25, 0.3) is 0 Å². The Kier molecular flexibility index (Phi) is 5.45. The van der Waals surface area contributed by atoms with Gasteiger partial charge in [0.2, 0.25) is 0 Å². The van der Waals surface area contributed by atoms with E-state index in [0.29, 0.717) is 6.04 Å². The minimum absolute atomic E-state index is 0.648. The van der Waals surface area contributed by atoms with Gasteiger partial charge in [0.05, 0.1) is 0 Å². The van der Waals surface area contributed by atoms with Crippen LogP contribution in [0.15, 0.2) is 6.20 Å². The predicted molar refractivity (Wildman–Crippen MR) is 79.4 cm³/mol. The molecule has 1 fully saturated rings. The Morgan fingerprint density at radius 2 is 2.33 bits per heavy atom. The zero-order chi connectivity index (χ0) is 12.8. The van der Waals surface area contributed by atoms with Crippen molar-refractivity contribution in [2.24, 2.45) is 0 Å². The molecule has 1 atom stereocenters. The van der Waals surface area contributed by atoms with Crippen molar-refractivity contribution in [3.63, 3.8) is 0 Å². The van der Waals surface area contributed by atoms with E-state index in [1.54, 1.807) is 0 Å². The van der Waals surface area contributed by atoms with E-state index in [4.69, 9.17) is 0 Å². The maximum absolute atomic E-state index is 4.62. The fourth-order valence-electron chi connectivity index (χ4n) is 2.46. The lowest BCUT2D eigenvalue weighted by Gasteiger charge is -2.26. The average molecular weight is 267 g/mol. The molecule has 1 aliphatic heterocycles. The molecule has 102 valence electrons. The van der Waals surface area contributed by atoms with Gasteiger partial charge in [0.1, 0.15) is 0 Å². The van der Waals surface area contributed by atoms with E-state index in [-0.39, 0.29) is 0 Å². The standard InChI is InChI=1S/C14H25N3S/c1-3-8-15-10-13-11-16-14(18-13)17-9-6-4-5-7-12(17)2/h11-12,15H,3-10H2,1-2H3. The largest absolute Gasteiger partial charge is 0.345 e. The maximum Gasteiger partial charge on any atom is 0.185 e. The molecule has 18 heavy (non-hydrogen) atoms. The van der Waals surface area contributed by atoms with E-state index >= 15 is 0 Å². The number of nitrogens with one attached hydrogen (secondary N) is 1. The summed E-state index contributed by atoms with van der Waals surface area (Å²) >= 11 is 1.86. The van der Waals surface area contributed by atoms with Crippen molar-refractivity contribution in [1.82, 2.24) is 10.3 Å². The fourth-order valence-corrected chi connectivity index (χ4v) is 3.47. The monoisotopic (exact) mass is 267 g/mol. The van der Waals surface area contributed by atoms with Crippen LogP contribution in [0.1, 0.15) is 50.8 Å². The van der Waals surface area contributed by atoms with Gasteiger partial charge in [-0.3, -0.25) is 0 Å². The lowest BCUT2D eigenvalue weighted by Crippen LogP contribution is -2.32. The van der Waals surface area contributed by atoms with Crippen molar-refractivity contribution in [3.8, 4) is 0 Å².